The van der Waals surface area contributed by atoms with E-state index in [-0.39, 0.29) is 5.82 Å². The van der Waals surface area contributed by atoms with Crippen LogP contribution in [-0.4, -0.2) is 6.61 Å². The van der Waals surface area contributed by atoms with Crippen molar-refractivity contribution in [2.24, 2.45) is 0 Å². The van der Waals surface area contributed by atoms with Crippen LogP contribution in [0.1, 0.15) is 18.1 Å². The molecule has 0 radical (unpaired) electrons. The van der Waals surface area contributed by atoms with Gasteiger partial charge in [-0.3, -0.25) is 0 Å². The van der Waals surface area contributed by atoms with E-state index in [2.05, 4.69) is 15.9 Å². The molecule has 2 rings (SSSR count). The maximum Gasteiger partial charge on any atom is 0.175 e. The fourth-order valence-electron chi connectivity index (χ4n) is 1.96. The van der Waals surface area contributed by atoms with Crippen LogP contribution in [-0.2, 0) is 6.61 Å². The van der Waals surface area contributed by atoms with Crippen LogP contribution in [0.4, 0.5) is 4.39 Å². The Kier molecular flexibility index (Phi) is 6.19. The molecule has 3 nitrogen and oxygen atoms in total. The summed E-state index contributed by atoms with van der Waals surface area (Å²) in [6.07, 6.45) is 3.09. The van der Waals surface area contributed by atoms with Crippen molar-refractivity contribution < 1.29 is 13.9 Å². The maximum atomic E-state index is 12.9. The molecular formula is C18H15BrFNO2. The van der Waals surface area contributed by atoms with Crippen LogP contribution >= 0.6 is 15.9 Å². The number of halogens is 2. The Morgan fingerprint density at radius 2 is 1.96 bits per heavy atom. The lowest BCUT2D eigenvalue weighted by Gasteiger charge is -2.14. The third kappa shape index (κ3) is 4.83. The standard InChI is InChI=1S/C18H15BrFNO2/c1-2-22-17-11-14(4-3-9-21)10-16(19)18(17)23-12-13-5-7-15(20)8-6-13/h3-8,10-11H,2,12H2,1H3/b4-3+. The highest BCUT2D eigenvalue weighted by molar-refractivity contribution is 9.10. The molecule has 0 fully saturated rings. The van der Waals surface area contributed by atoms with Crippen molar-refractivity contribution in [3.8, 4) is 17.6 Å². The van der Waals surface area contributed by atoms with Gasteiger partial charge in [0.25, 0.3) is 0 Å². The minimum atomic E-state index is -0.279. The lowest BCUT2D eigenvalue weighted by atomic mass is 10.2. The normalized spacial score (nSPS) is 10.5. The molecule has 0 N–H and O–H groups in total. The molecule has 2 aromatic rings. The van der Waals surface area contributed by atoms with Crippen LogP contribution in [0.3, 0.4) is 0 Å². The van der Waals surface area contributed by atoms with Gasteiger partial charge in [-0.05, 0) is 64.3 Å². The number of hydrogen-bond acceptors (Lipinski definition) is 3. The molecule has 0 heterocycles. The van der Waals surface area contributed by atoms with Gasteiger partial charge in [-0.25, -0.2) is 4.39 Å². The number of benzene rings is 2. The largest absolute Gasteiger partial charge is 0.490 e. The van der Waals surface area contributed by atoms with E-state index >= 15 is 0 Å². The molecule has 5 heteroatoms. The monoisotopic (exact) mass is 375 g/mol. The molecule has 0 unspecified atom stereocenters. The van der Waals surface area contributed by atoms with E-state index in [1.54, 1.807) is 18.2 Å². The molecule has 0 bridgehead atoms. The molecule has 23 heavy (non-hydrogen) atoms. The highest BCUT2D eigenvalue weighted by atomic mass is 79.9. The number of rotatable bonds is 6. The van der Waals surface area contributed by atoms with Gasteiger partial charge >= 0.3 is 0 Å². The smallest absolute Gasteiger partial charge is 0.175 e. The van der Waals surface area contributed by atoms with Gasteiger partial charge < -0.3 is 9.47 Å². The minimum absolute atomic E-state index is 0.279. The molecule has 0 aliphatic carbocycles. The second-order valence-corrected chi connectivity index (χ2v) is 5.49. The summed E-state index contributed by atoms with van der Waals surface area (Å²) in [4.78, 5) is 0. The van der Waals surface area contributed by atoms with Crippen LogP contribution in [0.25, 0.3) is 6.08 Å². The van der Waals surface area contributed by atoms with E-state index in [0.29, 0.717) is 24.7 Å². The van der Waals surface area contributed by atoms with Crippen LogP contribution in [0, 0.1) is 17.1 Å². The molecule has 2 aromatic carbocycles. The van der Waals surface area contributed by atoms with Crippen molar-refractivity contribution in [2.75, 3.05) is 6.61 Å². The maximum absolute atomic E-state index is 12.9. The molecule has 0 amide bonds. The predicted octanol–water partition coefficient (Wildman–Crippen LogP) is 5.10. The van der Waals surface area contributed by atoms with Gasteiger partial charge in [-0.1, -0.05) is 12.1 Å². The van der Waals surface area contributed by atoms with E-state index in [0.717, 1.165) is 15.6 Å². The lowest BCUT2D eigenvalue weighted by molar-refractivity contribution is 0.267. The van der Waals surface area contributed by atoms with Crippen molar-refractivity contribution >= 4 is 22.0 Å². The summed E-state index contributed by atoms with van der Waals surface area (Å²) in [6, 6.07) is 11.7. The van der Waals surface area contributed by atoms with Gasteiger partial charge in [0.05, 0.1) is 17.1 Å². The van der Waals surface area contributed by atoms with E-state index in [4.69, 9.17) is 14.7 Å². The fourth-order valence-corrected chi connectivity index (χ4v) is 2.53. The van der Waals surface area contributed by atoms with E-state index in [1.165, 1.54) is 18.2 Å². The first-order valence-corrected chi connectivity index (χ1v) is 7.83. The van der Waals surface area contributed by atoms with Crippen molar-refractivity contribution in [2.45, 2.75) is 13.5 Å². The SMILES string of the molecule is CCOc1cc(/C=C/C#N)cc(Br)c1OCc1ccc(F)cc1. The lowest BCUT2D eigenvalue weighted by Crippen LogP contribution is -2.01. The Morgan fingerprint density at radius 3 is 2.61 bits per heavy atom. The number of ether oxygens (including phenoxy) is 2. The average Bonchev–Trinajstić information content (AvgIpc) is 2.54. The summed E-state index contributed by atoms with van der Waals surface area (Å²) in [5, 5.41) is 8.62. The second-order valence-electron chi connectivity index (χ2n) is 4.64. The van der Waals surface area contributed by atoms with Gasteiger partial charge in [0.2, 0.25) is 0 Å². The van der Waals surface area contributed by atoms with Gasteiger partial charge in [0, 0.05) is 6.08 Å². The molecule has 0 saturated carbocycles. The first kappa shape index (κ1) is 17.0. The van der Waals surface area contributed by atoms with Crippen molar-refractivity contribution in [3.63, 3.8) is 0 Å². The first-order chi connectivity index (χ1) is 11.1. The molecule has 0 aliphatic rings. The molecule has 0 atom stereocenters. The van der Waals surface area contributed by atoms with Crippen LogP contribution in [0.2, 0.25) is 0 Å². The minimum Gasteiger partial charge on any atom is -0.490 e. The summed E-state index contributed by atoms with van der Waals surface area (Å²) >= 11 is 3.46. The van der Waals surface area contributed by atoms with E-state index in [9.17, 15) is 4.39 Å². The van der Waals surface area contributed by atoms with Crippen molar-refractivity contribution in [1.29, 1.82) is 5.26 Å². The first-order valence-electron chi connectivity index (χ1n) is 7.03. The van der Waals surface area contributed by atoms with Gasteiger partial charge in [-0.15, -0.1) is 0 Å². The zero-order valence-electron chi connectivity index (χ0n) is 12.6. The predicted molar refractivity (Wildman–Crippen MR) is 90.7 cm³/mol. The molecule has 118 valence electrons. The Bertz CT molecular complexity index is 736. The molecule has 0 aliphatic heterocycles. The summed E-state index contributed by atoms with van der Waals surface area (Å²) in [5.74, 6) is 0.880. The summed E-state index contributed by atoms with van der Waals surface area (Å²) in [7, 11) is 0. The molecule has 0 aromatic heterocycles. The highest BCUT2D eigenvalue weighted by Gasteiger charge is 2.12. The molecule has 0 saturated heterocycles. The summed E-state index contributed by atoms with van der Waals surface area (Å²) in [6.45, 7) is 2.67. The zero-order valence-corrected chi connectivity index (χ0v) is 14.1. The number of nitrogens with zero attached hydrogens (tertiary/aromatic N) is 1. The van der Waals surface area contributed by atoms with Crippen molar-refractivity contribution in [1.82, 2.24) is 0 Å². The van der Waals surface area contributed by atoms with Crippen molar-refractivity contribution in [3.05, 3.63) is 63.9 Å². The van der Waals surface area contributed by atoms with Gasteiger partial charge in [0.15, 0.2) is 11.5 Å². The Morgan fingerprint density at radius 1 is 1.22 bits per heavy atom. The fraction of sp³-hybridized carbons (Fsp3) is 0.167. The van der Waals surface area contributed by atoms with Crippen LogP contribution < -0.4 is 9.47 Å². The highest BCUT2D eigenvalue weighted by Crippen LogP contribution is 2.37. The Balaban J connectivity index is 2.24. The number of hydrogen-bond donors (Lipinski definition) is 0. The Labute approximate surface area is 143 Å². The molecule has 0 spiro atoms. The topological polar surface area (TPSA) is 42.2 Å². The van der Waals surface area contributed by atoms with E-state index < -0.39 is 0 Å². The van der Waals surface area contributed by atoms with Gasteiger partial charge in [0.1, 0.15) is 12.4 Å². The summed E-state index contributed by atoms with van der Waals surface area (Å²) in [5.41, 5.74) is 1.69. The van der Waals surface area contributed by atoms with E-state index in [1.807, 2.05) is 25.1 Å². The third-order valence-electron chi connectivity index (χ3n) is 2.98. The quantitative estimate of drug-likeness (QED) is 0.659. The number of allylic oxidation sites excluding steroid dienone is 1. The number of nitriles is 1. The Hall–Kier alpha value is -2.32. The van der Waals surface area contributed by atoms with Crippen LogP contribution in [0.5, 0.6) is 11.5 Å². The van der Waals surface area contributed by atoms with Gasteiger partial charge in [-0.2, -0.15) is 5.26 Å². The zero-order chi connectivity index (χ0) is 16.7. The van der Waals surface area contributed by atoms with Crippen LogP contribution in [0.15, 0.2) is 46.9 Å². The second kappa shape index (κ2) is 8.35. The summed E-state index contributed by atoms with van der Waals surface area (Å²) < 4.78 is 25.1. The third-order valence-corrected chi connectivity index (χ3v) is 3.57. The molecular weight excluding hydrogens is 361 g/mol. The average molecular weight is 376 g/mol.